The summed E-state index contributed by atoms with van der Waals surface area (Å²) in [7, 11) is 1.97. The van der Waals surface area contributed by atoms with Gasteiger partial charge in [0.15, 0.2) is 17.3 Å². The number of fused-ring (bicyclic) bond motifs is 1. The average molecular weight is 501 g/mol. The summed E-state index contributed by atoms with van der Waals surface area (Å²) in [4.78, 5) is 6.72. The number of rotatable bonds is 7. The van der Waals surface area contributed by atoms with E-state index < -0.39 is 0 Å². The Kier molecular flexibility index (Phi) is 6.62. The van der Waals surface area contributed by atoms with Gasteiger partial charge in [0.25, 0.3) is 0 Å². The molecule has 0 bridgehead atoms. The van der Waals surface area contributed by atoms with Crippen LogP contribution in [0.1, 0.15) is 24.1 Å². The lowest BCUT2D eigenvalue weighted by atomic mass is 9.95. The van der Waals surface area contributed by atoms with Crippen LogP contribution in [0.15, 0.2) is 34.2 Å². The predicted octanol–water partition coefficient (Wildman–Crippen LogP) is 5.26. The number of nitrogens with zero attached hydrogens (tertiary/aromatic N) is 5. The molecule has 0 radical (unpaired) electrons. The molecular weight excluding hydrogens is 477 g/mol. The minimum Gasteiger partial charge on any atom is -0.440 e. The number of aromatic nitrogens is 4. The van der Waals surface area contributed by atoms with Crippen molar-refractivity contribution in [2.75, 3.05) is 25.4 Å². The van der Waals surface area contributed by atoms with Gasteiger partial charge >= 0.3 is 0 Å². The molecule has 1 aromatic carbocycles. The molecule has 3 heterocycles. The zero-order valence-corrected chi connectivity index (χ0v) is 20.5. The van der Waals surface area contributed by atoms with E-state index in [9.17, 15) is 0 Å². The van der Waals surface area contributed by atoms with Gasteiger partial charge in [0.2, 0.25) is 5.82 Å². The van der Waals surface area contributed by atoms with Gasteiger partial charge in [-0.1, -0.05) is 41.0 Å². The van der Waals surface area contributed by atoms with Crippen LogP contribution < -0.4 is 0 Å². The van der Waals surface area contributed by atoms with Crippen molar-refractivity contribution < 1.29 is 4.42 Å². The number of likely N-dealkylation sites (tertiary alicyclic amines) is 1. The number of thioether (sulfide) groups is 1. The lowest BCUT2D eigenvalue weighted by Gasteiger charge is -2.21. The lowest BCUT2D eigenvalue weighted by Crippen LogP contribution is -2.27. The van der Waals surface area contributed by atoms with Gasteiger partial charge < -0.3 is 13.9 Å². The third-order valence-corrected chi connectivity index (χ3v) is 8.19. The van der Waals surface area contributed by atoms with Crippen molar-refractivity contribution in [2.45, 2.75) is 30.3 Å². The highest BCUT2D eigenvalue weighted by Gasteiger charge is 2.60. The van der Waals surface area contributed by atoms with Crippen molar-refractivity contribution in [3.05, 3.63) is 45.9 Å². The molecule has 166 valence electrons. The van der Waals surface area contributed by atoms with Crippen LogP contribution in [-0.2, 0) is 12.5 Å². The number of piperidine rings is 1. The summed E-state index contributed by atoms with van der Waals surface area (Å²) in [6, 6.07) is 6.14. The molecule has 5 rings (SSSR count). The number of hydrogen-bond acceptors (Lipinski definition) is 6. The number of hydrogen-bond donors (Lipinski definition) is 0. The van der Waals surface area contributed by atoms with E-state index in [-0.39, 0.29) is 17.8 Å². The molecule has 3 aromatic rings. The second-order valence-corrected chi connectivity index (χ2v) is 10.1. The highest BCUT2D eigenvalue weighted by molar-refractivity contribution is 7.99. The molecule has 2 fully saturated rings. The van der Waals surface area contributed by atoms with Crippen LogP contribution >= 0.6 is 47.4 Å². The first kappa shape index (κ1) is 22.9. The van der Waals surface area contributed by atoms with Gasteiger partial charge in [-0.3, -0.25) is 0 Å². The standard InChI is InChI=1S/C21H23Cl2N5OS.ClH/c1-13-18(29-12-24-13)19-25-26-20(27(19)2)30-7-3-6-28-10-15-9-21(15,11-28)14-4-5-16(22)17(23)8-14;/h4-5,8,12,15H,3,6-7,9-11H2,1-2H3;1H. The molecule has 0 spiro atoms. The van der Waals surface area contributed by atoms with E-state index in [2.05, 4.69) is 32.2 Å². The summed E-state index contributed by atoms with van der Waals surface area (Å²) in [5.74, 6) is 3.15. The topological polar surface area (TPSA) is 60.0 Å². The first-order chi connectivity index (χ1) is 14.5. The van der Waals surface area contributed by atoms with Crippen LogP contribution in [-0.4, -0.2) is 50.0 Å². The Balaban J connectivity index is 0.00000231. The van der Waals surface area contributed by atoms with Crippen LogP contribution in [0.3, 0.4) is 0 Å². The van der Waals surface area contributed by atoms with Crippen molar-refractivity contribution in [3.8, 4) is 11.6 Å². The largest absolute Gasteiger partial charge is 0.440 e. The molecule has 31 heavy (non-hydrogen) atoms. The lowest BCUT2D eigenvalue weighted by molar-refractivity contribution is 0.299. The Morgan fingerprint density at radius 3 is 2.84 bits per heavy atom. The minimum atomic E-state index is 0. The van der Waals surface area contributed by atoms with Crippen LogP contribution in [0, 0.1) is 12.8 Å². The molecule has 1 saturated carbocycles. The van der Waals surface area contributed by atoms with Gasteiger partial charge in [-0.15, -0.1) is 22.6 Å². The molecule has 2 aliphatic rings. The molecule has 2 aromatic heterocycles. The fourth-order valence-electron chi connectivity index (χ4n) is 4.62. The first-order valence-corrected chi connectivity index (χ1v) is 11.8. The Morgan fingerprint density at radius 1 is 1.26 bits per heavy atom. The van der Waals surface area contributed by atoms with Crippen LogP contribution in [0.2, 0.25) is 10.0 Å². The van der Waals surface area contributed by atoms with Gasteiger partial charge in [0.05, 0.1) is 15.7 Å². The van der Waals surface area contributed by atoms with Crippen molar-refractivity contribution >= 4 is 47.4 Å². The smallest absolute Gasteiger partial charge is 0.202 e. The molecule has 1 aliphatic heterocycles. The molecule has 2 unspecified atom stereocenters. The van der Waals surface area contributed by atoms with E-state index in [1.807, 2.05) is 24.6 Å². The van der Waals surface area contributed by atoms with E-state index >= 15 is 0 Å². The van der Waals surface area contributed by atoms with E-state index in [1.165, 1.54) is 24.9 Å². The average Bonchev–Trinajstić information content (AvgIpc) is 3.02. The number of halogens is 3. The fourth-order valence-corrected chi connectivity index (χ4v) is 5.75. The van der Waals surface area contributed by atoms with Gasteiger partial charge in [0, 0.05) is 31.3 Å². The summed E-state index contributed by atoms with van der Waals surface area (Å²) in [5, 5.41) is 10.8. The van der Waals surface area contributed by atoms with Gasteiger partial charge in [0.1, 0.15) is 0 Å². The summed E-state index contributed by atoms with van der Waals surface area (Å²) in [6.07, 6.45) is 3.81. The zero-order chi connectivity index (χ0) is 20.9. The second kappa shape index (κ2) is 8.94. The van der Waals surface area contributed by atoms with E-state index in [4.69, 9.17) is 27.6 Å². The quantitative estimate of drug-likeness (QED) is 0.326. The molecule has 10 heteroatoms. The summed E-state index contributed by atoms with van der Waals surface area (Å²) in [5.41, 5.74) is 2.45. The fraction of sp³-hybridized carbons (Fsp3) is 0.476. The maximum atomic E-state index is 6.25. The Morgan fingerprint density at radius 2 is 2.10 bits per heavy atom. The Bertz CT molecular complexity index is 1090. The van der Waals surface area contributed by atoms with E-state index in [0.29, 0.717) is 15.8 Å². The molecule has 0 amide bonds. The third-order valence-electron chi connectivity index (χ3n) is 6.34. The SMILES string of the molecule is Cc1ncoc1-c1nnc(SCCCN2CC3CC3(c3ccc(Cl)c(Cl)c3)C2)n1C.Cl. The second-order valence-electron chi connectivity index (χ2n) is 8.26. The maximum absolute atomic E-state index is 6.25. The summed E-state index contributed by atoms with van der Waals surface area (Å²) < 4.78 is 7.42. The number of aryl methyl sites for hydroxylation is 1. The van der Waals surface area contributed by atoms with Crippen molar-refractivity contribution in [3.63, 3.8) is 0 Å². The van der Waals surface area contributed by atoms with Crippen LogP contribution in [0.25, 0.3) is 11.6 Å². The Labute approximate surface area is 202 Å². The Hall–Kier alpha value is -1.25. The van der Waals surface area contributed by atoms with Crippen LogP contribution in [0.4, 0.5) is 0 Å². The van der Waals surface area contributed by atoms with Gasteiger partial charge in [-0.25, -0.2) is 4.98 Å². The maximum Gasteiger partial charge on any atom is 0.202 e. The van der Waals surface area contributed by atoms with Crippen molar-refractivity contribution in [1.82, 2.24) is 24.6 Å². The van der Waals surface area contributed by atoms with Gasteiger partial charge in [-0.05, 0) is 49.9 Å². The summed E-state index contributed by atoms with van der Waals surface area (Å²) >= 11 is 14.1. The zero-order valence-electron chi connectivity index (χ0n) is 17.3. The number of oxazole rings is 1. The van der Waals surface area contributed by atoms with Gasteiger partial charge in [-0.2, -0.15) is 0 Å². The van der Waals surface area contributed by atoms with Crippen molar-refractivity contribution in [2.24, 2.45) is 13.0 Å². The number of benzene rings is 1. The normalized spacial score (nSPS) is 22.4. The third kappa shape index (κ3) is 4.23. The highest BCUT2D eigenvalue weighted by Crippen LogP contribution is 2.59. The summed E-state index contributed by atoms with van der Waals surface area (Å²) in [6.45, 7) is 5.28. The van der Waals surface area contributed by atoms with Crippen molar-refractivity contribution in [1.29, 1.82) is 0 Å². The predicted molar refractivity (Wildman–Crippen MR) is 127 cm³/mol. The first-order valence-electron chi connectivity index (χ1n) is 10.1. The monoisotopic (exact) mass is 499 g/mol. The molecule has 1 saturated heterocycles. The molecule has 2 atom stereocenters. The molecule has 0 N–H and O–H groups in total. The minimum absolute atomic E-state index is 0. The molecule has 6 nitrogen and oxygen atoms in total. The molecule has 1 aliphatic carbocycles. The van der Waals surface area contributed by atoms with E-state index in [1.54, 1.807) is 11.8 Å². The highest BCUT2D eigenvalue weighted by atomic mass is 35.5. The van der Waals surface area contributed by atoms with Crippen LogP contribution in [0.5, 0.6) is 0 Å². The molecular formula is C21H24Cl3N5OS. The van der Waals surface area contributed by atoms with E-state index in [0.717, 1.165) is 47.9 Å².